The molecular weight excluding hydrogens is 280 g/mol. The topological polar surface area (TPSA) is 15.3 Å². The van der Waals surface area contributed by atoms with Gasteiger partial charge in [-0.25, -0.2) is 0 Å². The van der Waals surface area contributed by atoms with Gasteiger partial charge in [-0.2, -0.15) is 0 Å². The van der Waals surface area contributed by atoms with E-state index < -0.39 is 0 Å². The third kappa shape index (κ3) is 7.30. The maximum absolute atomic E-state index is 6.06. The van der Waals surface area contributed by atoms with E-state index in [9.17, 15) is 0 Å². The SMILES string of the molecule is CCC(C)(CNC(C)(C)C)CN(C)Cc1cccc(Cl)c1. The minimum Gasteiger partial charge on any atom is -0.311 e. The highest BCUT2D eigenvalue weighted by molar-refractivity contribution is 6.30. The molecule has 0 aliphatic carbocycles. The molecule has 120 valence electrons. The highest BCUT2D eigenvalue weighted by atomic mass is 35.5. The van der Waals surface area contributed by atoms with E-state index in [0.717, 1.165) is 31.1 Å². The minimum absolute atomic E-state index is 0.169. The Morgan fingerprint density at radius 2 is 1.86 bits per heavy atom. The molecule has 1 unspecified atom stereocenters. The van der Waals surface area contributed by atoms with Crippen molar-refractivity contribution in [1.29, 1.82) is 0 Å². The molecular formula is C18H31ClN2. The molecule has 1 aromatic rings. The molecule has 0 bridgehead atoms. The van der Waals surface area contributed by atoms with Crippen LogP contribution in [0.4, 0.5) is 0 Å². The van der Waals surface area contributed by atoms with Gasteiger partial charge in [0.1, 0.15) is 0 Å². The zero-order chi connectivity index (χ0) is 16.1. The highest BCUT2D eigenvalue weighted by Gasteiger charge is 2.25. The van der Waals surface area contributed by atoms with Gasteiger partial charge in [0.15, 0.2) is 0 Å². The number of nitrogens with zero attached hydrogens (tertiary/aromatic N) is 1. The molecule has 0 heterocycles. The van der Waals surface area contributed by atoms with Crippen molar-refractivity contribution in [3.05, 3.63) is 34.9 Å². The van der Waals surface area contributed by atoms with Crippen molar-refractivity contribution in [2.45, 2.75) is 53.1 Å². The molecule has 1 atom stereocenters. The van der Waals surface area contributed by atoms with Crippen LogP contribution in [-0.4, -0.2) is 30.6 Å². The molecule has 1 rings (SSSR count). The molecule has 1 aromatic carbocycles. The van der Waals surface area contributed by atoms with Gasteiger partial charge < -0.3 is 10.2 Å². The lowest BCUT2D eigenvalue weighted by Gasteiger charge is -2.36. The van der Waals surface area contributed by atoms with Crippen molar-refractivity contribution in [2.24, 2.45) is 5.41 Å². The third-order valence-corrected chi connectivity index (χ3v) is 4.13. The molecule has 2 nitrogen and oxygen atoms in total. The van der Waals surface area contributed by atoms with E-state index in [0.29, 0.717) is 0 Å². The Morgan fingerprint density at radius 1 is 1.19 bits per heavy atom. The second-order valence-corrected chi connectivity index (χ2v) is 8.01. The quantitative estimate of drug-likeness (QED) is 0.793. The molecule has 0 radical (unpaired) electrons. The Bertz CT molecular complexity index is 439. The third-order valence-electron chi connectivity index (χ3n) is 3.89. The maximum Gasteiger partial charge on any atom is 0.0409 e. The van der Waals surface area contributed by atoms with Crippen molar-refractivity contribution >= 4 is 11.6 Å². The summed E-state index contributed by atoms with van der Waals surface area (Å²) < 4.78 is 0. The summed E-state index contributed by atoms with van der Waals surface area (Å²) >= 11 is 6.06. The predicted molar refractivity (Wildman–Crippen MR) is 93.9 cm³/mol. The fraction of sp³-hybridized carbons (Fsp3) is 0.667. The molecule has 0 aromatic heterocycles. The van der Waals surface area contributed by atoms with Gasteiger partial charge in [-0.15, -0.1) is 0 Å². The number of rotatable bonds is 7. The molecule has 21 heavy (non-hydrogen) atoms. The van der Waals surface area contributed by atoms with Crippen molar-refractivity contribution in [3.63, 3.8) is 0 Å². The fourth-order valence-electron chi connectivity index (χ4n) is 2.43. The molecule has 3 heteroatoms. The van der Waals surface area contributed by atoms with E-state index in [1.54, 1.807) is 0 Å². The van der Waals surface area contributed by atoms with E-state index in [4.69, 9.17) is 11.6 Å². The minimum atomic E-state index is 0.169. The van der Waals surface area contributed by atoms with Gasteiger partial charge in [-0.3, -0.25) is 0 Å². The molecule has 0 saturated carbocycles. The summed E-state index contributed by atoms with van der Waals surface area (Å²) in [6.45, 7) is 14.3. The molecule has 0 aliphatic heterocycles. The maximum atomic E-state index is 6.06. The van der Waals surface area contributed by atoms with Gasteiger partial charge >= 0.3 is 0 Å². The van der Waals surface area contributed by atoms with Crippen molar-refractivity contribution in [1.82, 2.24) is 10.2 Å². The number of hydrogen-bond donors (Lipinski definition) is 1. The molecule has 0 aliphatic rings. The van der Waals surface area contributed by atoms with Crippen LogP contribution in [-0.2, 0) is 6.54 Å². The predicted octanol–water partition coefficient (Wildman–Crippen LogP) is 4.58. The standard InChI is InChI=1S/C18H31ClN2/c1-7-18(5,13-20-17(2,3)4)14-21(6)12-15-9-8-10-16(19)11-15/h8-11,20H,7,12-14H2,1-6H3. The van der Waals surface area contributed by atoms with Crippen LogP contribution in [0.25, 0.3) is 0 Å². The van der Waals surface area contributed by atoms with Gasteiger partial charge in [0.25, 0.3) is 0 Å². The lowest BCUT2D eigenvalue weighted by Crippen LogP contribution is -2.46. The number of hydrogen-bond acceptors (Lipinski definition) is 2. The smallest absolute Gasteiger partial charge is 0.0409 e. The summed E-state index contributed by atoms with van der Waals surface area (Å²) in [5.41, 5.74) is 1.72. The molecule has 1 N–H and O–H groups in total. The summed E-state index contributed by atoms with van der Waals surface area (Å²) in [6, 6.07) is 8.13. The van der Waals surface area contributed by atoms with Crippen molar-refractivity contribution < 1.29 is 0 Å². The zero-order valence-corrected chi connectivity index (χ0v) is 15.2. The normalized spacial score (nSPS) is 15.2. The van der Waals surface area contributed by atoms with Crippen LogP contribution >= 0.6 is 11.6 Å². The van der Waals surface area contributed by atoms with Gasteiger partial charge in [0.2, 0.25) is 0 Å². The molecule has 0 saturated heterocycles. The van der Waals surface area contributed by atoms with E-state index in [-0.39, 0.29) is 11.0 Å². The first-order chi connectivity index (χ1) is 9.63. The number of benzene rings is 1. The lowest BCUT2D eigenvalue weighted by molar-refractivity contribution is 0.164. The fourth-order valence-corrected chi connectivity index (χ4v) is 2.64. The molecule has 0 fully saturated rings. The van der Waals surface area contributed by atoms with E-state index in [2.05, 4.69) is 64.0 Å². The first-order valence-electron chi connectivity index (χ1n) is 7.81. The molecule has 0 spiro atoms. The van der Waals surface area contributed by atoms with Gasteiger partial charge in [-0.05, 0) is 57.4 Å². The average Bonchev–Trinajstić information content (AvgIpc) is 2.35. The van der Waals surface area contributed by atoms with Crippen molar-refractivity contribution in [3.8, 4) is 0 Å². The number of halogens is 1. The van der Waals surface area contributed by atoms with E-state index in [1.165, 1.54) is 5.56 Å². The van der Waals surface area contributed by atoms with Crippen LogP contribution in [0.2, 0.25) is 5.02 Å². The average molecular weight is 311 g/mol. The van der Waals surface area contributed by atoms with Crippen LogP contribution in [0.15, 0.2) is 24.3 Å². The summed E-state index contributed by atoms with van der Waals surface area (Å²) in [6.07, 6.45) is 1.16. The van der Waals surface area contributed by atoms with Crippen molar-refractivity contribution in [2.75, 3.05) is 20.1 Å². The first kappa shape index (κ1) is 18.5. The Labute approximate surface area is 135 Å². The summed E-state index contributed by atoms with van der Waals surface area (Å²) in [4.78, 5) is 2.39. The Hall–Kier alpha value is -0.570. The Kier molecular flexibility index (Phi) is 6.71. The van der Waals surface area contributed by atoms with Gasteiger partial charge in [0, 0.05) is 30.2 Å². The molecule has 0 amide bonds. The Morgan fingerprint density at radius 3 is 2.38 bits per heavy atom. The van der Waals surface area contributed by atoms with Crippen LogP contribution < -0.4 is 5.32 Å². The second kappa shape index (κ2) is 7.62. The first-order valence-corrected chi connectivity index (χ1v) is 8.19. The summed E-state index contributed by atoms with van der Waals surface area (Å²) in [5, 5.41) is 4.46. The van der Waals surface area contributed by atoms with Crippen LogP contribution in [0, 0.1) is 5.41 Å². The number of nitrogens with one attached hydrogen (secondary N) is 1. The van der Waals surface area contributed by atoms with E-state index in [1.807, 2.05) is 12.1 Å². The Balaban J connectivity index is 2.59. The van der Waals surface area contributed by atoms with Crippen LogP contribution in [0.3, 0.4) is 0 Å². The zero-order valence-electron chi connectivity index (χ0n) is 14.5. The van der Waals surface area contributed by atoms with Crippen LogP contribution in [0.1, 0.15) is 46.6 Å². The van der Waals surface area contributed by atoms with Gasteiger partial charge in [-0.1, -0.05) is 37.6 Å². The summed E-state index contributed by atoms with van der Waals surface area (Å²) in [5.74, 6) is 0. The van der Waals surface area contributed by atoms with Gasteiger partial charge in [0.05, 0.1) is 0 Å². The van der Waals surface area contributed by atoms with Crippen LogP contribution in [0.5, 0.6) is 0 Å². The highest BCUT2D eigenvalue weighted by Crippen LogP contribution is 2.23. The largest absolute Gasteiger partial charge is 0.311 e. The van der Waals surface area contributed by atoms with E-state index >= 15 is 0 Å². The summed E-state index contributed by atoms with van der Waals surface area (Å²) in [7, 11) is 2.19. The monoisotopic (exact) mass is 310 g/mol. The lowest BCUT2D eigenvalue weighted by atomic mass is 9.86. The second-order valence-electron chi connectivity index (χ2n) is 7.57.